The van der Waals surface area contributed by atoms with Gasteiger partial charge in [-0.15, -0.1) is 0 Å². The molecule has 0 radical (unpaired) electrons. The first-order valence-corrected chi connectivity index (χ1v) is 8.56. The van der Waals surface area contributed by atoms with Crippen molar-refractivity contribution in [1.82, 2.24) is 4.90 Å². The molecule has 0 N–H and O–H groups in total. The summed E-state index contributed by atoms with van der Waals surface area (Å²) in [4.78, 5) is 13.3. The molecule has 0 aliphatic carbocycles. The van der Waals surface area contributed by atoms with Gasteiger partial charge in [-0.1, -0.05) is 30.3 Å². The number of hydrogen-bond acceptors (Lipinski definition) is 5. The summed E-state index contributed by atoms with van der Waals surface area (Å²) in [7, 11) is -3.59. The fourth-order valence-electron chi connectivity index (χ4n) is 1.89. The highest BCUT2D eigenvalue weighted by molar-refractivity contribution is 7.91. The molecule has 6 nitrogen and oxygen atoms in total. The molecule has 1 amide bonds. The molecule has 0 aliphatic rings. The first kappa shape index (κ1) is 17.7. The van der Waals surface area contributed by atoms with Gasteiger partial charge < -0.3 is 4.90 Å². The van der Waals surface area contributed by atoms with Gasteiger partial charge in [0.05, 0.1) is 30.7 Å². The maximum atomic E-state index is 12.1. The summed E-state index contributed by atoms with van der Waals surface area (Å²) in [5, 5.41) is 17.2. The van der Waals surface area contributed by atoms with Crippen molar-refractivity contribution in [2.75, 3.05) is 18.8 Å². The minimum Gasteiger partial charge on any atom is -0.340 e. The highest BCUT2D eigenvalue weighted by Gasteiger charge is 2.21. The monoisotopic (exact) mass is 319 g/mol. The van der Waals surface area contributed by atoms with Gasteiger partial charge in [0.25, 0.3) is 0 Å². The van der Waals surface area contributed by atoms with E-state index in [1.807, 2.05) is 12.1 Å². The first-order chi connectivity index (χ1) is 10.5. The molecular weight excluding hydrogens is 302 g/mol. The quantitative estimate of drug-likeness (QED) is 0.717. The van der Waals surface area contributed by atoms with Crippen molar-refractivity contribution in [1.29, 1.82) is 10.5 Å². The van der Waals surface area contributed by atoms with Gasteiger partial charge in [-0.2, -0.15) is 10.5 Å². The van der Waals surface area contributed by atoms with E-state index >= 15 is 0 Å². The van der Waals surface area contributed by atoms with E-state index in [9.17, 15) is 13.2 Å². The minimum atomic E-state index is -3.59. The van der Waals surface area contributed by atoms with Crippen LogP contribution in [0.5, 0.6) is 0 Å². The van der Waals surface area contributed by atoms with Gasteiger partial charge in [0.15, 0.2) is 9.84 Å². The molecule has 1 aromatic rings. The maximum absolute atomic E-state index is 12.1. The van der Waals surface area contributed by atoms with E-state index in [2.05, 4.69) is 0 Å². The number of benzene rings is 1. The summed E-state index contributed by atoms with van der Waals surface area (Å²) < 4.78 is 24.2. The van der Waals surface area contributed by atoms with E-state index in [0.717, 1.165) is 0 Å². The van der Waals surface area contributed by atoms with Crippen LogP contribution < -0.4 is 0 Å². The van der Waals surface area contributed by atoms with Gasteiger partial charge in [-0.05, 0) is 5.56 Å². The second-order valence-electron chi connectivity index (χ2n) is 4.71. The third-order valence-corrected chi connectivity index (χ3v) is 4.37. The van der Waals surface area contributed by atoms with Crippen LogP contribution in [0.4, 0.5) is 0 Å². The maximum Gasteiger partial charge on any atom is 0.237 e. The first-order valence-electron chi connectivity index (χ1n) is 6.74. The fraction of sp³-hybridized carbons (Fsp3) is 0.400. The zero-order valence-electron chi connectivity index (χ0n) is 12.1. The fourth-order valence-corrected chi connectivity index (χ4v) is 3.25. The molecule has 0 aliphatic heterocycles. The number of sulfone groups is 1. The second kappa shape index (κ2) is 8.81. The highest BCUT2D eigenvalue weighted by Crippen LogP contribution is 2.08. The summed E-state index contributed by atoms with van der Waals surface area (Å²) in [6.07, 6.45) is 0.214. The van der Waals surface area contributed by atoms with E-state index in [1.165, 1.54) is 4.90 Å². The minimum absolute atomic E-state index is 0.107. The van der Waals surface area contributed by atoms with Gasteiger partial charge in [-0.3, -0.25) is 4.79 Å². The number of hydrogen-bond donors (Lipinski definition) is 0. The van der Waals surface area contributed by atoms with Crippen molar-refractivity contribution in [3.8, 4) is 12.1 Å². The number of rotatable bonds is 8. The van der Waals surface area contributed by atoms with Gasteiger partial charge in [-0.25, -0.2) is 8.42 Å². The number of nitriles is 2. The molecular formula is C15H17N3O3S. The van der Waals surface area contributed by atoms with Crippen molar-refractivity contribution in [3.05, 3.63) is 35.9 Å². The molecule has 0 fully saturated rings. The van der Waals surface area contributed by atoms with Crippen molar-refractivity contribution in [2.24, 2.45) is 0 Å². The van der Waals surface area contributed by atoms with Crippen LogP contribution in [-0.4, -0.2) is 38.1 Å². The van der Waals surface area contributed by atoms with Crippen molar-refractivity contribution < 1.29 is 13.2 Å². The molecule has 22 heavy (non-hydrogen) atoms. The topological polar surface area (TPSA) is 102 Å². The molecule has 7 heteroatoms. The van der Waals surface area contributed by atoms with Crippen molar-refractivity contribution >= 4 is 15.7 Å². The predicted octanol–water partition coefficient (Wildman–Crippen LogP) is 1.26. The highest BCUT2D eigenvalue weighted by atomic mass is 32.2. The lowest BCUT2D eigenvalue weighted by Crippen LogP contribution is -2.37. The van der Waals surface area contributed by atoms with Crippen molar-refractivity contribution in [2.45, 2.75) is 18.6 Å². The van der Waals surface area contributed by atoms with Gasteiger partial charge in [0, 0.05) is 13.1 Å². The van der Waals surface area contributed by atoms with Gasteiger partial charge in [0.2, 0.25) is 5.91 Å². The molecule has 0 aromatic heterocycles. The van der Waals surface area contributed by atoms with Crippen LogP contribution in [0.25, 0.3) is 0 Å². The van der Waals surface area contributed by atoms with Crippen LogP contribution in [0.15, 0.2) is 30.3 Å². The Labute approximate surface area is 130 Å². The Morgan fingerprint density at radius 3 is 2.09 bits per heavy atom. The van der Waals surface area contributed by atoms with Crippen LogP contribution in [0.1, 0.15) is 18.4 Å². The Balaban J connectivity index is 2.70. The summed E-state index contributed by atoms with van der Waals surface area (Å²) >= 11 is 0. The number of carbonyl (C=O) groups is 1. The molecule has 0 heterocycles. The zero-order valence-corrected chi connectivity index (χ0v) is 12.9. The third-order valence-electron chi connectivity index (χ3n) is 2.91. The van der Waals surface area contributed by atoms with Crippen LogP contribution in [0.3, 0.4) is 0 Å². The molecule has 0 unspecified atom stereocenters. The normalized spacial score (nSPS) is 10.5. The number of nitrogens with zero attached hydrogens (tertiary/aromatic N) is 3. The Kier molecular flexibility index (Phi) is 7.07. The molecule has 0 saturated heterocycles. The summed E-state index contributed by atoms with van der Waals surface area (Å²) in [5.74, 6) is -1.38. The van der Waals surface area contributed by atoms with Crippen LogP contribution in [-0.2, 0) is 20.4 Å². The molecule has 1 aromatic carbocycles. The largest absolute Gasteiger partial charge is 0.340 e. The lowest BCUT2D eigenvalue weighted by Gasteiger charge is -2.20. The van der Waals surface area contributed by atoms with Crippen LogP contribution in [0.2, 0.25) is 0 Å². The van der Waals surface area contributed by atoms with E-state index in [4.69, 9.17) is 10.5 Å². The number of carbonyl (C=O) groups excluding carboxylic acids is 1. The lowest BCUT2D eigenvalue weighted by molar-refractivity contribution is -0.128. The molecule has 0 saturated carbocycles. The lowest BCUT2D eigenvalue weighted by atomic mass is 10.2. The summed E-state index contributed by atoms with van der Waals surface area (Å²) in [6.45, 7) is 0.274. The van der Waals surface area contributed by atoms with E-state index in [-0.39, 0.29) is 31.7 Å². The zero-order chi connectivity index (χ0) is 16.4. The van der Waals surface area contributed by atoms with Crippen LogP contribution >= 0.6 is 0 Å². The Morgan fingerprint density at radius 2 is 1.59 bits per heavy atom. The third kappa shape index (κ3) is 6.38. The van der Waals surface area contributed by atoms with Gasteiger partial charge in [0.1, 0.15) is 5.75 Å². The number of amides is 1. The summed E-state index contributed by atoms with van der Waals surface area (Å²) in [6, 6.07) is 12.4. The van der Waals surface area contributed by atoms with Gasteiger partial charge >= 0.3 is 0 Å². The molecule has 116 valence electrons. The predicted molar refractivity (Wildman–Crippen MR) is 81.0 cm³/mol. The smallest absolute Gasteiger partial charge is 0.237 e. The van der Waals surface area contributed by atoms with E-state index in [1.54, 1.807) is 30.3 Å². The Morgan fingerprint density at radius 1 is 1.05 bits per heavy atom. The standard InChI is InChI=1S/C15H17N3O3S/c16-8-4-10-18(11-5-9-17)15(19)13-22(20,21)12-14-6-2-1-3-7-14/h1-3,6-7H,4-5,10-13H2. The van der Waals surface area contributed by atoms with Crippen LogP contribution in [0, 0.1) is 22.7 Å². The summed E-state index contributed by atoms with van der Waals surface area (Å²) in [5.41, 5.74) is 0.621. The SMILES string of the molecule is N#CCCN(CCC#N)C(=O)CS(=O)(=O)Cc1ccccc1. The molecule has 0 spiro atoms. The Bertz CT molecular complexity index is 654. The average molecular weight is 319 g/mol. The molecule has 1 rings (SSSR count). The molecule has 0 atom stereocenters. The van der Waals surface area contributed by atoms with Crippen molar-refractivity contribution in [3.63, 3.8) is 0 Å². The molecule has 0 bridgehead atoms. The van der Waals surface area contributed by atoms with E-state index in [0.29, 0.717) is 5.56 Å². The second-order valence-corrected chi connectivity index (χ2v) is 6.78. The van der Waals surface area contributed by atoms with E-state index < -0.39 is 21.5 Å². The Hall–Kier alpha value is -2.38. The average Bonchev–Trinajstić information content (AvgIpc) is 2.47.